The van der Waals surface area contributed by atoms with Gasteiger partial charge in [-0.3, -0.25) is 9.59 Å². The van der Waals surface area contributed by atoms with Crippen molar-refractivity contribution in [2.45, 2.75) is 13.8 Å². The van der Waals surface area contributed by atoms with Gasteiger partial charge in [-0.25, -0.2) is 0 Å². The van der Waals surface area contributed by atoms with Crippen molar-refractivity contribution in [1.82, 2.24) is 5.32 Å². The molecule has 1 aliphatic rings. The molecule has 0 aliphatic carbocycles. The van der Waals surface area contributed by atoms with Gasteiger partial charge in [0.1, 0.15) is 16.2 Å². The fraction of sp³-hybridized carbons (Fsp3) is 0.118. The topological polar surface area (TPSA) is 59.3 Å². The summed E-state index contributed by atoms with van der Waals surface area (Å²) in [6.45, 7) is 3.85. The molecule has 1 amide bonds. The predicted octanol–water partition coefficient (Wildman–Crippen LogP) is 3.45. The highest BCUT2D eigenvalue weighted by molar-refractivity contribution is 8.26. The zero-order valence-corrected chi connectivity index (χ0v) is 14.1. The van der Waals surface area contributed by atoms with E-state index in [1.165, 1.54) is 18.0 Å². The average molecular weight is 343 g/mol. The molecule has 1 aliphatic heterocycles. The summed E-state index contributed by atoms with van der Waals surface area (Å²) in [5, 5.41) is 3.12. The number of fused-ring (bicyclic) bond motifs is 1. The number of benzene rings is 1. The summed E-state index contributed by atoms with van der Waals surface area (Å²) in [5.74, 6) is -0.221. The number of carbonyl (C=O) groups excluding carboxylic acids is 1. The molecule has 0 spiro atoms. The van der Waals surface area contributed by atoms with Gasteiger partial charge in [0, 0.05) is 0 Å². The summed E-state index contributed by atoms with van der Waals surface area (Å²) in [6, 6.07) is 3.80. The van der Waals surface area contributed by atoms with E-state index in [0.717, 1.165) is 11.1 Å². The van der Waals surface area contributed by atoms with Crippen LogP contribution in [0, 0.1) is 13.8 Å². The number of hydrogen-bond donors (Lipinski definition) is 1. The minimum atomic E-state index is -0.221. The third-order valence-electron chi connectivity index (χ3n) is 3.41. The minimum Gasteiger partial charge on any atom is -0.463 e. The number of rotatable bonds is 2. The van der Waals surface area contributed by atoms with Gasteiger partial charge in [0.15, 0.2) is 5.43 Å². The highest BCUT2D eigenvalue weighted by Gasteiger charge is 2.21. The van der Waals surface area contributed by atoms with Gasteiger partial charge in [-0.15, -0.1) is 0 Å². The lowest BCUT2D eigenvalue weighted by Crippen LogP contribution is -2.17. The lowest BCUT2D eigenvalue weighted by Gasteiger charge is -2.03. The second-order valence-corrected chi connectivity index (χ2v) is 6.93. The van der Waals surface area contributed by atoms with Gasteiger partial charge in [0.2, 0.25) is 0 Å². The molecule has 1 aromatic carbocycles. The van der Waals surface area contributed by atoms with Gasteiger partial charge >= 0.3 is 0 Å². The van der Waals surface area contributed by atoms with Gasteiger partial charge in [0.05, 0.1) is 15.9 Å². The molecule has 0 radical (unpaired) electrons. The number of carbonyl (C=O) groups is 1. The molecule has 0 atom stereocenters. The summed E-state index contributed by atoms with van der Waals surface area (Å²) in [5.41, 5.74) is 2.87. The van der Waals surface area contributed by atoms with Crippen molar-refractivity contribution >= 4 is 51.3 Å². The number of allylic oxidation sites excluding steroid dienone is 2. The number of nitrogens with one attached hydrogen (secondary N) is 1. The third kappa shape index (κ3) is 3.13. The van der Waals surface area contributed by atoms with Crippen molar-refractivity contribution < 1.29 is 9.21 Å². The van der Waals surface area contributed by atoms with Gasteiger partial charge in [0.25, 0.3) is 5.91 Å². The van der Waals surface area contributed by atoms with Gasteiger partial charge < -0.3 is 9.73 Å². The van der Waals surface area contributed by atoms with E-state index in [9.17, 15) is 9.59 Å². The smallest absolute Gasteiger partial charge is 0.263 e. The van der Waals surface area contributed by atoms with Crippen molar-refractivity contribution in [3.8, 4) is 0 Å². The third-order valence-corrected chi connectivity index (χ3v) is 4.59. The standard InChI is InChI=1S/C17H13NO3S2/c1-9-6-10(2)14-12(7-9)21-8-11(15(14)19)4-3-5-13-16(20)18-17(22)23-13/h3-8H,1-2H3,(H,18,20,22). The summed E-state index contributed by atoms with van der Waals surface area (Å²) in [6.07, 6.45) is 6.35. The molecule has 0 saturated carbocycles. The second kappa shape index (κ2) is 6.14. The number of amides is 1. The average Bonchev–Trinajstić information content (AvgIpc) is 2.79. The lowest BCUT2D eigenvalue weighted by atomic mass is 10.1. The van der Waals surface area contributed by atoms with Crippen LogP contribution in [-0.2, 0) is 4.79 Å². The van der Waals surface area contributed by atoms with Crippen molar-refractivity contribution in [3.05, 3.63) is 62.4 Å². The molecule has 2 aromatic rings. The molecule has 2 heterocycles. The molecule has 116 valence electrons. The SMILES string of the molecule is Cc1cc(C)c2c(=O)c(C=CC=C3SC(=S)NC3=O)coc2c1. The molecule has 4 nitrogen and oxygen atoms in total. The van der Waals surface area contributed by atoms with Gasteiger partial charge in [-0.2, -0.15) is 0 Å². The van der Waals surface area contributed by atoms with Crippen molar-refractivity contribution in [2.24, 2.45) is 0 Å². The highest BCUT2D eigenvalue weighted by atomic mass is 32.2. The zero-order valence-electron chi connectivity index (χ0n) is 12.5. The predicted molar refractivity (Wildman–Crippen MR) is 97.4 cm³/mol. The Kier molecular flexibility index (Phi) is 4.19. The molecule has 6 heteroatoms. The number of thioether (sulfide) groups is 1. The molecular formula is C17H13NO3S2. The lowest BCUT2D eigenvalue weighted by molar-refractivity contribution is -0.115. The van der Waals surface area contributed by atoms with E-state index < -0.39 is 0 Å². The highest BCUT2D eigenvalue weighted by Crippen LogP contribution is 2.23. The fourth-order valence-electron chi connectivity index (χ4n) is 2.43. The van der Waals surface area contributed by atoms with Crippen LogP contribution in [0.3, 0.4) is 0 Å². The molecule has 1 fully saturated rings. The van der Waals surface area contributed by atoms with Gasteiger partial charge in [-0.05, 0) is 43.2 Å². The normalized spacial score (nSPS) is 16.7. The molecule has 23 heavy (non-hydrogen) atoms. The Balaban J connectivity index is 1.98. The van der Waals surface area contributed by atoms with Crippen LogP contribution in [0.4, 0.5) is 0 Å². The Bertz CT molecular complexity index is 954. The first-order valence-corrected chi connectivity index (χ1v) is 8.12. The van der Waals surface area contributed by atoms with E-state index >= 15 is 0 Å². The van der Waals surface area contributed by atoms with Crippen molar-refractivity contribution in [2.75, 3.05) is 0 Å². The maximum Gasteiger partial charge on any atom is 0.263 e. The molecule has 3 rings (SSSR count). The summed E-state index contributed by atoms with van der Waals surface area (Å²) in [7, 11) is 0. The first kappa shape index (κ1) is 15.7. The van der Waals surface area contributed by atoms with Crippen LogP contribution in [-0.4, -0.2) is 10.2 Å². The van der Waals surface area contributed by atoms with Crippen LogP contribution in [0.5, 0.6) is 0 Å². The maximum atomic E-state index is 12.6. The zero-order chi connectivity index (χ0) is 16.6. The van der Waals surface area contributed by atoms with E-state index in [-0.39, 0.29) is 11.3 Å². The Hall–Kier alpha value is -2.18. The van der Waals surface area contributed by atoms with Crippen LogP contribution in [0.15, 0.2) is 44.7 Å². The second-order valence-electron chi connectivity index (χ2n) is 5.21. The summed E-state index contributed by atoms with van der Waals surface area (Å²) < 4.78 is 6.00. The molecule has 0 unspecified atom stereocenters. The van der Waals surface area contributed by atoms with E-state index in [1.807, 2.05) is 26.0 Å². The van der Waals surface area contributed by atoms with E-state index in [1.54, 1.807) is 18.2 Å². The quantitative estimate of drug-likeness (QED) is 0.668. The fourth-order valence-corrected chi connectivity index (χ4v) is 3.42. The van der Waals surface area contributed by atoms with Crippen LogP contribution in [0.1, 0.15) is 16.7 Å². The van der Waals surface area contributed by atoms with E-state index in [4.69, 9.17) is 16.6 Å². The van der Waals surface area contributed by atoms with E-state index in [0.29, 0.717) is 25.8 Å². The first-order valence-electron chi connectivity index (χ1n) is 6.90. The molecular weight excluding hydrogens is 330 g/mol. The Labute approximate surface area is 142 Å². The van der Waals surface area contributed by atoms with Gasteiger partial charge in [-0.1, -0.05) is 36.1 Å². The first-order chi connectivity index (χ1) is 11.0. The maximum absolute atomic E-state index is 12.6. The Morgan fingerprint density at radius 1 is 1.26 bits per heavy atom. The minimum absolute atomic E-state index is 0.0857. The molecule has 1 saturated heterocycles. The van der Waals surface area contributed by atoms with Crippen LogP contribution in [0.2, 0.25) is 0 Å². The largest absolute Gasteiger partial charge is 0.463 e. The Morgan fingerprint density at radius 2 is 2.04 bits per heavy atom. The number of thiocarbonyl (C=S) groups is 1. The molecule has 1 aromatic heterocycles. The van der Waals surface area contributed by atoms with Crippen LogP contribution < -0.4 is 10.7 Å². The van der Waals surface area contributed by atoms with E-state index in [2.05, 4.69) is 5.32 Å². The molecule has 0 bridgehead atoms. The van der Waals surface area contributed by atoms with Crippen LogP contribution >= 0.6 is 24.0 Å². The summed E-state index contributed by atoms with van der Waals surface area (Å²) >= 11 is 6.12. The molecule has 1 N–H and O–H groups in total. The monoisotopic (exact) mass is 343 g/mol. The van der Waals surface area contributed by atoms with Crippen LogP contribution in [0.25, 0.3) is 17.0 Å². The van der Waals surface area contributed by atoms with Crippen molar-refractivity contribution in [3.63, 3.8) is 0 Å². The number of aryl methyl sites for hydroxylation is 2. The number of hydrogen-bond acceptors (Lipinski definition) is 5. The summed E-state index contributed by atoms with van der Waals surface area (Å²) in [4.78, 5) is 24.6. The van der Waals surface area contributed by atoms with Crippen molar-refractivity contribution in [1.29, 1.82) is 0 Å². The Morgan fingerprint density at radius 3 is 2.74 bits per heavy atom.